The Bertz CT molecular complexity index is 191. The van der Waals surface area contributed by atoms with Gasteiger partial charge in [-0.1, -0.05) is 27.2 Å². The van der Waals surface area contributed by atoms with Crippen molar-refractivity contribution in [3.63, 3.8) is 0 Å². The average Bonchev–Trinajstić information content (AvgIpc) is 2.60. The van der Waals surface area contributed by atoms with Crippen LogP contribution in [0.15, 0.2) is 0 Å². The average molecular weight is 197 g/mol. The van der Waals surface area contributed by atoms with E-state index in [1.165, 1.54) is 6.42 Å². The summed E-state index contributed by atoms with van der Waals surface area (Å²) in [4.78, 5) is 13.7. The van der Waals surface area contributed by atoms with Gasteiger partial charge in [0.1, 0.15) is 5.78 Å². The molecule has 0 N–H and O–H groups in total. The molecule has 1 fully saturated rings. The van der Waals surface area contributed by atoms with Gasteiger partial charge in [0.2, 0.25) is 0 Å². The van der Waals surface area contributed by atoms with Crippen LogP contribution in [0.4, 0.5) is 0 Å². The number of ketones is 1. The van der Waals surface area contributed by atoms with E-state index in [-0.39, 0.29) is 0 Å². The van der Waals surface area contributed by atoms with Crippen LogP contribution in [0.25, 0.3) is 0 Å². The second-order valence-corrected chi connectivity index (χ2v) is 4.54. The van der Waals surface area contributed by atoms with E-state index in [2.05, 4.69) is 25.7 Å². The molecule has 0 radical (unpaired) electrons. The Balaban J connectivity index is 2.41. The Labute approximate surface area is 87.7 Å². The van der Waals surface area contributed by atoms with Crippen LogP contribution in [-0.2, 0) is 4.79 Å². The first-order valence-electron chi connectivity index (χ1n) is 5.93. The fourth-order valence-electron chi connectivity index (χ4n) is 2.17. The molecule has 1 rings (SSSR count). The van der Waals surface area contributed by atoms with Gasteiger partial charge in [-0.25, -0.2) is 0 Å². The van der Waals surface area contributed by atoms with Crippen LogP contribution in [0.2, 0.25) is 0 Å². The van der Waals surface area contributed by atoms with Gasteiger partial charge in [0.15, 0.2) is 0 Å². The van der Waals surface area contributed by atoms with E-state index < -0.39 is 0 Å². The van der Waals surface area contributed by atoms with Crippen LogP contribution in [-0.4, -0.2) is 29.8 Å². The molecule has 82 valence electrons. The summed E-state index contributed by atoms with van der Waals surface area (Å²) in [7, 11) is 0. The number of nitrogens with zero attached hydrogens (tertiary/aromatic N) is 1. The van der Waals surface area contributed by atoms with Gasteiger partial charge in [-0.15, -0.1) is 0 Å². The Hall–Kier alpha value is -0.370. The lowest BCUT2D eigenvalue weighted by atomic mass is 10.1. The Morgan fingerprint density at radius 1 is 1.50 bits per heavy atom. The van der Waals surface area contributed by atoms with E-state index in [0.29, 0.717) is 11.8 Å². The minimum atomic E-state index is 0.456. The molecule has 0 aromatic rings. The van der Waals surface area contributed by atoms with Gasteiger partial charge in [-0.3, -0.25) is 9.69 Å². The highest BCUT2D eigenvalue weighted by atomic mass is 16.1. The molecule has 0 aromatic carbocycles. The maximum Gasteiger partial charge on any atom is 0.134 e. The quantitative estimate of drug-likeness (QED) is 0.675. The third kappa shape index (κ3) is 3.09. The zero-order valence-corrected chi connectivity index (χ0v) is 9.75. The second kappa shape index (κ2) is 5.50. The van der Waals surface area contributed by atoms with Gasteiger partial charge in [0.25, 0.3) is 0 Å². The van der Waals surface area contributed by atoms with Crippen molar-refractivity contribution in [2.24, 2.45) is 5.92 Å². The van der Waals surface area contributed by atoms with E-state index >= 15 is 0 Å². The largest absolute Gasteiger partial charge is 0.300 e. The molecule has 0 amide bonds. The van der Waals surface area contributed by atoms with Crippen molar-refractivity contribution >= 4 is 5.78 Å². The van der Waals surface area contributed by atoms with Crippen molar-refractivity contribution in [2.75, 3.05) is 13.1 Å². The minimum absolute atomic E-state index is 0.456. The topological polar surface area (TPSA) is 20.3 Å². The van der Waals surface area contributed by atoms with E-state index in [9.17, 15) is 4.79 Å². The van der Waals surface area contributed by atoms with Crippen LogP contribution in [0.3, 0.4) is 0 Å². The lowest BCUT2D eigenvalue weighted by Crippen LogP contribution is -2.36. The Morgan fingerprint density at radius 2 is 2.21 bits per heavy atom. The molecule has 1 saturated carbocycles. The van der Waals surface area contributed by atoms with Gasteiger partial charge in [0.05, 0.1) is 0 Å². The summed E-state index contributed by atoms with van der Waals surface area (Å²) in [5.74, 6) is 1.21. The maximum atomic E-state index is 11.2. The zero-order chi connectivity index (χ0) is 10.6. The summed E-state index contributed by atoms with van der Waals surface area (Å²) in [6.07, 6.45) is 3.92. The van der Waals surface area contributed by atoms with Crippen LogP contribution >= 0.6 is 0 Å². The maximum absolute atomic E-state index is 11.2. The summed E-state index contributed by atoms with van der Waals surface area (Å²) in [6.45, 7) is 8.97. The highest BCUT2D eigenvalue weighted by Crippen LogP contribution is 2.21. The Morgan fingerprint density at radius 3 is 2.64 bits per heavy atom. The Kier molecular flexibility index (Phi) is 4.59. The number of rotatable bonds is 5. The summed E-state index contributed by atoms with van der Waals surface area (Å²) >= 11 is 0. The molecular weight excluding hydrogens is 174 g/mol. The first-order valence-corrected chi connectivity index (χ1v) is 5.93. The fraction of sp³-hybridized carbons (Fsp3) is 0.917. The van der Waals surface area contributed by atoms with Crippen molar-refractivity contribution in [3.8, 4) is 0 Å². The number of Topliss-reactive ketones (excluding diaryl/α,β-unsaturated/α-hetero) is 1. The number of hydrogen-bond acceptors (Lipinski definition) is 2. The molecule has 0 heterocycles. The molecule has 2 heteroatoms. The molecule has 14 heavy (non-hydrogen) atoms. The number of carbonyl (C=O) groups excluding carboxylic acids is 1. The molecule has 2 atom stereocenters. The SMILES string of the molecule is CCC(C)CN(CC)C1CCC(=O)C1. The van der Waals surface area contributed by atoms with E-state index in [1.54, 1.807) is 0 Å². The van der Waals surface area contributed by atoms with Gasteiger partial charge in [-0.05, 0) is 18.9 Å². The minimum Gasteiger partial charge on any atom is -0.300 e. The van der Waals surface area contributed by atoms with Crippen LogP contribution in [0.5, 0.6) is 0 Å². The molecular formula is C12H23NO. The van der Waals surface area contributed by atoms with E-state index in [1.807, 2.05) is 0 Å². The van der Waals surface area contributed by atoms with Gasteiger partial charge >= 0.3 is 0 Å². The first kappa shape index (κ1) is 11.7. The predicted molar refractivity (Wildman–Crippen MR) is 59.3 cm³/mol. The van der Waals surface area contributed by atoms with Crippen LogP contribution < -0.4 is 0 Å². The normalized spacial score (nSPS) is 24.6. The van der Waals surface area contributed by atoms with Crippen molar-refractivity contribution in [1.82, 2.24) is 4.90 Å². The smallest absolute Gasteiger partial charge is 0.134 e. The van der Waals surface area contributed by atoms with Crippen LogP contribution in [0, 0.1) is 5.92 Å². The third-order valence-corrected chi connectivity index (χ3v) is 3.39. The number of carbonyl (C=O) groups is 1. The van der Waals surface area contributed by atoms with Gasteiger partial charge in [-0.2, -0.15) is 0 Å². The van der Waals surface area contributed by atoms with Crippen molar-refractivity contribution in [3.05, 3.63) is 0 Å². The molecule has 0 saturated heterocycles. The predicted octanol–water partition coefficient (Wildman–Crippen LogP) is 2.48. The highest BCUT2D eigenvalue weighted by molar-refractivity contribution is 5.81. The zero-order valence-electron chi connectivity index (χ0n) is 9.75. The molecule has 1 aliphatic carbocycles. The molecule has 1 aliphatic rings. The van der Waals surface area contributed by atoms with E-state index in [0.717, 1.165) is 38.3 Å². The summed E-state index contributed by atoms with van der Waals surface area (Å²) in [5, 5.41) is 0. The summed E-state index contributed by atoms with van der Waals surface area (Å²) < 4.78 is 0. The first-order chi connectivity index (χ1) is 6.67. The number of hydrogen-bond donors (Lipinski definition) is 0. The standard InChI is InChI=1S/C12H23NO/c1-4-10(3)9-13(5-2)11-6-7-12(14)8-11/h10-11H,4-9H2,1-3H3. The highest BCUT2D eigenvalue weighted by Gasteiger charge is 2.27. The van der Waals surface area contributed by atoms with E-state index in [4.69, 9.17) is 0 Å². The lowest BCUT2D eigenvalue weighted by Gasteiger charge is -2.29. The fourth-order valence-corrected chi connectivity index (χ4v) is 2.17. The summed E-state index contributed by atoms with van der Waals surface area (Å²) in [6, 6.07) is 0.543. The molecule has 0 aliphatic heterocycles. The van der Waals surface area contributed by atoms with Gasteiger partial charge < -0.3 is 0 Å². The third-order valence-electron chi connectivity index (χ3n) is 3.39. The van der Waals surface area contributed by atoms with Gasteiger partial charge in [0, 0.05) is 25.4 Å². The van der Waals surface area contributed by atoms with Crippen LogP contribution in [0.1, 0.15) is 46.5 Å². The molecule has 0 aromatic heterocycles. The van der Waals surface area contributed by atoms with Crippen molar-refractivity contribution in [1.29, 1.82) is 0 Å². The molecule has 0 spiro atoms. The molecule has 2 unspecified atom stereocenters. The summed E-state index contributed by atoms with van der Waals surface area (Å²) in [5.41, 5.74) is 0. The molecule has 2 nitrogen and oxygen atoms in total. The molecule has 0 bridgehead atoms. The lowest BCUT2D eigenvalue weighted by molar-refractivity contribution is -0.117. The second-order valence-electron chi connectivity index (χ2n) is 4.54. The van der Waals surface area contributed by atoms with Crippen molar-refractivity contribution in [2.45, 2.75) is 52.5 Å². The van der Waals surface area contributed by atoms with Crippen molar-refractivity contribution < 1.29 is 4.79 Å². The monoisotopic (exact) mass is 197 g/mol.